The predicted molar refractivity (Wildman–Crippen MR) is 164 cm³/mol. The fourth-order valence-corrected chi connectivity index (χ4v) is 4.20. The molecule has 0 fully saturated rings. The molecule has 4 aromatic rings. The lowest BCUT2D eigenvalue weighted by atomic mass is 10.0. The molecule has 0 unspecified atom stereocenters. The second-order valence-corrected chi connectivity index (χ2v) is 10.2. The number of amides is 2. The van der Waals surface area contributed by atoms with Crippen LogP contribution in [0.2, 0.25) is 20.1 Å². The van der Waals surface area contributed by atoms with Gasteiger partial charge in [0, 0.05) is 23.5 Å². The fraction of sp³-hybridized carbons (Fsp3) is 0.0323. The van der Waals surface area contributed by atoms with Crippen molar-refractivity contribution in [3.8, 4) is 0 Å². The normalized spacial score (nSPS) is 11.2. The van der Waals surface area contributed by atoms with Crippen LogP contribution in [-0.2, 0) is 16.0 Å². The Labute approximate surface area is 246 Å². The maximum absolute atomic E-state index is 12.3. The van der Waals surface area contributed by atoms with E-state index >= 15 is 0 Å². The summed E-state index contributed by atoms with van der Waals surface area (Å²) in [4.78, 5) is 24.5. The van der Waals surface area contributed by atoms with Crippen LogP contribution in [0.3, 0.4) is 0 Å². The van der Waals surface area contributed by atoms with Crippen molar-refractivity contribution in [3.05, 3.63) is 139 Å². The minimum atomic E-state index is -0.252. The standard InChI is InChI=1S/C31H22Cl4N2O2/c32-26-13-5-22(18-28(26)34)7-15-30(38)36-24-9-1-20(2-10-24)17-21-3-11-25(12-4-21)37-31(39)16-8-23-6-14-27(33)29(35)19-23/h1-16,18-19H,17H2,(H,36,38)(H,37,39). The van der Waals surface area contributed by atoms with Gasteiger partial charge in [0.1, 0.15) is 0 Å². The van der Waals surface area contributed by atoms with Crippen molar-refractivity contribution in [2.45, 2.75) is 6.42 Å². The average molecular weight is 596 g/mol. The van der Waals surface area contributed by atoms with E-state index in [1.165, 1.54) is 12.2 Å². The van der Waals surface area contributed by atoms with Crippen molar-refractivity contribution in [3.63, 3.8) is 0 Å². The summed E-state index contributed by atoms with van der Waals surface area (Å²) in [6.45, 7) is 0. The third-order valence-corrected chi connectivity index (χ3v) is 7.07. The molecule has 0 saturated heterocycles. The third kappa shape index (κ3) is 8.74. The zero-order chi connectivity index (χ0) is 27.8. The van der Waals surface area contributed by atoms with E-state index in [2.05, 4.69) is 10.6 Å². The topological polar surface area (TPSA) is 58.2 Å². The van der Waals surface area contributed by atoms with Crippen molar-refractivity contribution >= 4 is 81.7 Å². The molecule has 0 radical (unpaired) electrons. The van der Waals surface area contributed by atoms with E-state index in [9.17, 15) is 9.59 Å². The largest absolute Gasteiger partial charge is 0.323 e. The van der Waals surface area contributed by atoms with Crippen LogP contribution in [0.25, 0.3) is 12.2 Å². The molecule has 0 saturated carbocycles. The lowest BCUT2D eigenvalue weighted by Gasteiger charge is -2.07. The van der Waals surface area contributed by atoms with Gasteiger partial charge in [-0.05, 0) is 89.4 Å². The monoisotopic (exact) mass is 594 g/mol. The minimum absolute atomic E-state index is 0.252. The second kappa shape index (κ2) is 13.5. The average Bonchev–Trinajstić information content (AvgIpc) is 2.92. The van der Waals surface area contributed by atoms with E-state index in [1.54, 1.807) is 48.6 Å². The minimum Gasteiger partial charge on any atom is -0.323 e. The molecule has 4 rings (SSSR count). The SMILES string of the molecule is O=C(C=Cc1ccc(Cl)c(Cl)c1)Nc1ccc(Cc2ccc(NC(=O)C=Cc3ccc(Cl)c(Cl)c3)cc2)cc1. The van der Waals surface area contributed by atoms with Gasteiger partial charge in [-0.1, -0.05) is 82.8 Å². The van der Waals surface area contributed by atoms with Crippen LogP contribution in [0.15, 0.2) is 97.1 Å². The van der Waals surface area contributed by atoms with Crippen molar-refractivity contribution in [2.24, 2.45) is 0 Å². The number of nitrogens with one attached hydrogen (secondary N) is 2. The van der Waals surface area contributed by atoms with Gasteiger partial charge < -0.3 is 10.6 Å². The molecular weight excluding hydrogens is 574 g/mol. The Balaban J connectivity index is 1.27. The van der Waals surface area contributed by atoms with E-state index < -0.39 is 0 Å². The van der Waals surface area contributed by atoms with Crippen molar-refractivity contribution in [1.82, 2.24) is 0 Å². The van der Waals surface area contributed by atoms with Gasteiger partial charge in [0.05, 0.1) is 20.1 Å². The van der Waals surface area contributed by atoms with Gasteiger partial charge in [-0.2, -0.15) is 0 Å². The van der Waals surface area contributed by atoms with E-state index in [-0.39, 0.29) is 11.8 Å². The summed E-state index contributed by atoms with van der Waals surface area (Å²) in [5, 5.41) is 7.47. The molecule has 0 aromatic heterocycles. The fourth-order valence-electron chi connectivity index (χ4n) is 3.59. The molecule has 0 aliphatic heterocycles. The van der Waals surface area contributed by atoms with Crippen molar-refractivity contribution in [2.75, 3.05) is 10.6 Å². The molecule has 0 atom stereocenters. The Kier molecular flexibility index (Phi) is 9.85. The highest BCUT2D eigenvalue weighted by Crippen LogP contribution is 2.24. The Morgan fingerprint density at radius 2 is 0.923 bits per heavy atom. The third-order valence-electron chi connectivity index (χ3n) is 5.59. The first kappa shape index (κ1) is 28.5. The molecule has 0 spiro atoms. The molecule has 0 aliphatic carbocycles. The summed E-state index contributed by atoms with van der Waals surface area (Å²) in [6.07, 6.45) is 6.93. The zero-order valence-corrected chi connectivity index (χ0v) is 23.5. The molecular formula is C31H22Cl4N2O2. The highest BCUT2D eigenvalue weighted by molar-refractivity contribution is 6.42. The van der Waals surface area contributed by atoms with Crippen molar-refractivity contribution in [1.29, 1.82) is 0 Å². The van der Waals surface area contributed by atoms with Gasteiger partial charge in [0.25, 0.3) is 0 Å². The Morgan fingerprint density at radius 1 is 0.538 bits per heavy atom. The first-order valence-electron chi connectivity index (χ1n) is 11.8. The Morgan fingerprint density at radius 3 is 1.28 bits per heavy atom. The number of carbonyl (C=O) groups excluding carboxylic acids is 2. The maximum atomic E-state index is 12.3. The number of benzene rings is 4. The molecule has 8 heteroatoms. The summed E-state index contributed by atoms with van der Waals surface area (Å²) >= 11 is 23.8. The van der Waals surface area contributed by atoms with Crippen LogP contribution >= 0.6 is 46.4 Å². The summed E-state index contributed by atoms with van der Waals surface area (Å²) in [5.41, 5.74) is 5.10. The van der Waals surface area contributed by atoms with E-state index in [4.69, 9.17) is 46.4 Å². The molecule has 4 aromatic carbocycles. The number of hydrogen-bond acceptors (Lipinski definition) is 2. The first-order valence-corrected chi connectivity index (χ1v) is 13.3. The van der Waals surface area contributed by atoms with Gasteiger partial charge in [0.15, 0.2) is 0 Å². The lowest BCUT2D eigenvalue weighted by molar-refractivity contribution is -0.112. The highest BCUT2D eigenvalue weighted by Gasteiger charge is 2.04. The number of hydrogen-bond donors (Lipinski definition) is 2. The smallest absolute Gasteiger partial charge is 0.248 e. The van der Waals surface area contributed by atoms with Gasteiger partial charge in [-0.25, -0.2) is 0 Å². The molecule has 196 valence electrons. The lowest BCUT2D eigenvalue weighted by Crippen LogP contribution is -2.08. The quantitative estimate of drug-likeness (QED) is 0.199. The highest BCUT2D eigenvalue weighted by atomic mass is 35.5. The Bertz CT molecular complexity index is 1430. The summed E-state index contributed by atoms with van der Waals surface area (Å²) in [5.74, 6) is -0.503. The maximum Gasteiger partial charge on any atom is 0.248 e. The van der Waals surface area contributed by atoms with Gasteiger partial charge in [-0.15, -0.1) is 0 Å². The van der Waals surface area contributed by atoms with E-state index in [1.807, 2.05) is 48.5 Å². The van der Waals surface area contributed by atoms with Crippen LogP contribution in [0.5, 0.6) is 0 Å². The van der Waals surface area contributed by atoms with Crippen LogP contribution in [0, 0.1) is 0 Å². The number of anilines is 2. The molecule has 0 bridgehead atoms. The molecule has 2 amide bonds. The predicted octanol–water partition coefficient (Wildman–Crippen LogP) is 9.19. The summed E-state index contributed by atoms with van der Waals surface area (Å²) in [6, 6.07) is 25.6. The van der Waals surface area contributed by atoms with E-state index in [0.717, 1.165) is 22.3 Å². The molecule has 0 aliphatic rings. The van der Waals surface area contributed by atoms with Gasteiger partial charge in [0.2, 0.25) is 11.8 Å². The van der Waals surface area contributed by atoms with Gasteiger partial charge >= 0.3 is 0 Å². The second-order valence-electron chi connectivity index (χ2n) is 8.56. The summed E-state index contributed by atoms with van der Waals surface area (Å²) < 4.78 is 0. The number of carbonyl (C=O) groups is 2. The molecule has 0 heterocycles. The molecule has 39 heavy (non-hydrogen) atoms. The van der Waals surface area contributed by atoms with Crippen molar-refractivity contribution < 1.29 is 9.59 Å². The molecule has 4 nitrogen and oxygen atoms in total. The zero-order valence-electron chi connectivity index (χ0n) is 20.4. The molecule has 2 N–H and O–H groups in total. The number of halogens is 4. The van der Waals surface area contributed by atoms with Crippen LogP contribution in [-0.4, -0.2) is 11.8 Å². The summed E-state index contributed by atoms with van der Waals surface area (Å²) in [7, 11) is 0. The van der Waals surface area contributed by atoms with Crippen LogP contribution in [0.1, 0.15) is 22.3 Å². The van der Waals surface area contributed by atoms with E-state index in [0.29, 0.717) is 37.9 Å². The first-order chi connectivity index (χ1) is 18.7. The number of rotatable bonds is 8. The van der Waals surface area contributed by atoms with Gasteiger partial charge in [-0.3, -0.25) is 9.59 Å². The van der Waals surface area contributed by atoms with Crippen LogP contribution in [0.4, 0.5) is 11.4 Å². The Hall–Kier alpha value is -3.54. The van der Waals surface area contributed by atoms with Crippen LogP contribution < -0.4 is 10.6 Å².